The van der Waals surface area contributed by atoms with E-state index in [1.54, 1.807) is 18.1 Å². The number of carbonyl (C=O) groups excluding carboxylic acids is 1. The van der Waals surface area contributed by atoms with Crippen molar-refractivity contribution in [2.45, 2.75) is 19.6 Å². The molecule has 1 atom stereocenters. The predicted molar refractivity (Wildman–Crippen MR) is 77.6 cm³/mol. The maximum Gasteiger partial charge on any atom is 0.248 e. The topological polar surface area (TPSA) is 60.2 Å². The Kier molecular flexibility index (Phi) is 3.70. The normalized spacial score (nSPS) is 19.0. The Morgan fingerprint density at radius 1 is 1.43 bits per heavy atom. The zero-order valence-corrected chi connectivity index (χ0v) is 12.2. The van der Waals surface area contributed by atoms with Gasteiger partial charge < -0.3 is 14.2 Å². The SMILES string of the molecule is Cc1cccc(-c2nccn2CC2CN(C)C(=O)CO2)n1. The minimum Gasteiger partial charge on any atom is -0.365 e. The van der Waals surface area contributed by atoms with Crippen molar-refractivity contribution < 1.29 is 9.53 Å². The maximum atomic E-state index is 11.4. The number of hydrogen-bond acceptors (Lipinski definition) is 4. The molecule has 2 aromatic rings. The van der Waals surface area contributed by atoms with Gasteiger partial charge in [-0.25, -0.2) is 9.97 Å². The number of aryl methyl sites for hydroxylation is 1. The van der Waals surface area contributed by atoms with Crippen molar-refractivity contribution in [3.05, 3.63) is 36.3 Å². The number of amides is 1. The Hall–Kier alpha value is -2.21. The van der Waals surface area contributed by atoms with Gasteiger partial charge in [-0.3, -0.25) is 4.79 Å². The molecule has 1 unspecified atom stereocenters. The van der Waals surface area contributed by atoms with E-state index in [0.717, 1.165) is 17.2 Å². The summed E-state index contributed by atoms with van der Waals surface area (Å²) in [6.07, 6.45) is 3.65. The standard InChI is InChI=1S/C15H18N4O2/c1-11-4-3-5-13(17-11)15-16-6-7-19(15)9-12-8-18(2)14(20)10-21-12/h3-7,12H,8-10H2,1-2H3. The van der Waals surface area contributed by atoms with Gasteiger partial charge in [0, 0.05) is 31.7 Å². The number of imidazole rings is 1. The van der Waals surface area contributed by atoms with Crippen LogP contribution in [0.4, 0.5) is 0 Å². The van der Waals surface area contributed by atoms with E-state index >= 15 is 0 Å². The van der Waals surface area contributed by atoms with Gasteiger partial charge >= 0.3 is 0 Å². The van der Waals surface area contributed by atoms with Crippen molar-refractivity contribution in [3.8, 4) is 11.5 Å². The van der Waals surface area contributed by atoms with Crippen molar-refractivity contribution in [1.82, 2.24) is 19.4 Å². The van der Waals surface area contributed by atoms with Crippen LogP contribution in [0, 0.1) is 6.92 Å². The van der Waals surface area contributed by atoms with Gasteiger partial charge in [0.1, 0.15) is 12.3 Å². The lowest BCUT2D eigenvalue weighted by Gasteiger charge is -2.30. The highest BCUT2D eigenvalue weighted by molar-refractivity contribution is 5.77. The highest BCUT2D eigenvalue weighted by Gasteiger charge is 2.24. The monoisotopic (exact) mass is 286 g/mol. The van der Waals surface area contributed by atoms with E-state index in [0.29, 0.717) is 13.1 Å². The molecule has 2 aromatic heterocycles. The van der Waals surface area contributed by atoms with E-state index in [1.165, 1.54) is 0 Å². The molecule has 0 bridgehead atoms. The van der Waals surface area contributed by atoms with Gasteiger partial charge in [0.2, 0.25) is 5.91 Å². The summed E-state index contributed by atoms with van der Waals surface area (Å²) in [5.41, 5.74) is 1.81. The Morgan fingerprint density at radius 2 is 2.29 bits per heavy atom. The summed E-state index contributed by atoms with van der Waals surface area (Å²) in [6.45, 7) is 3.36. The zero-order chi connectivity index (χ0) is 14.8. The molecule has 3 heterocycles. The van der Waals surface area contributed by atoms with Gasteiger partial charge in [-0.1, -0.05) is 6.07 Å². The van der Waals surface area contributed by atoms with E-state index in [4.69, 9.17) is 4.74 Å². The lowest BCUT2D eigenvalue weighted by molar-refractivity contribution is -0.147. The summed E-state index contributed by atoms with van der Waals surface area (Å²) >= 11 is 0. The van der Waals surface area contributed by atoms with Crippen LogP contribution in [-0.2, 0) is 16.1 Å². The number of hydrogen-bond donors (Lipinski definition) is 0. The Morgan fingerprint density at radius 3 is 3.05 bits per heavy atom. The fraction of sp³-hybridized carbons (Fsp3) is 0.400. The van der Waals surface area contributed by atoms with Crippen molar-refractivity contribution >= 4 is 5.91 Å². The van der Waals surface area contributed by atoms with Crippen LogP contribution in [0.3, 0.4) is 0 Å². The van der Waals surface area contributed by atoms with Gasteiger partial charge in [0.15, 0.2) is 5.82 Å². The van der Waals surface area contributed by atoms with Crippen molar-refractivity contribution in [2.75, 3.05) is 20.2 Å². The summed E-state index contributed by atoms with van der Waals surface area (Å²) in [6, 6.07) is 5.88. The molecule has 21 heavy (non-hydrogen) atoms. The first kappa shape index (κ1) is 13.8. The van der Waals surface area contributed by atoms with Gasteiger partial charge in [-0.15, -0.1) is 0 Å². The molecule has 110 valence electrons. The summed E-state index contributed by atoms with van der Waals surface area (Å²) in [5.74, 6) is 0.847. The number of morpholine rings is 1. The molecule has 0 aliphatic carbocycles. The average Bonchev–Trinajstić information content (AvgIpc) is 2.91. The van der Waals surface area contributed by atoms with E-state index in [9.17, 15) is 4.79 Å². The van der Waals surface area contributed by atoms with Crippen LogP contribution < -0.4 is 0 Å². The van der Waals surface area contributed by atoms with E-state index < -0.39 is 0 Å². The van der Waals surface area contributed by atoms with Crippen LogP contribution in [0.2, 0.25) is 0 Å². The summed E-state index contributed by atoms with van der Waals surface area (Å²) in [7, 11) is 1.80. The molecule has 0 spiro atoms. The number of likely N-dealkylation sites (N-methyl/N-ethyl adjacent to an activating group) is 1. The lowest BCUT2D eigenvalue weighted by Crippen LogP contribution is -2.45. The second kappa shape index (κ2) is 5.65. The molecule has 0 aromatic carbocycles. The fourth-order valence-corrected chi connectivity index (χ4v) is 2.45. The van der Waals surface area contributed by atoms with Gasteiger partial charge in [-0.05, 0) is 19.1 Å². The Labute approximate surface area is 123 Å². The zero-order valence-electron chi connectivity index (χ0n) is 12.2. The number of pyridine rings is 1. The molecule has 1 aliphatic rings. The van der Waals surface area contributed by atoms with Gasteiger partial charge in [0.25, 0.3) is 0 Å². The number of aromatic nitrogens is 3. The second-order valence-electron chi connectivity index (χ2n) is 5.27. The number of rotatable bonds is 3. The smallest absolute Gasteiger partial charge is 0.248 e. The first-order valence-corrected chi connectivity index (χ1v) is 6.94. The average molecular weight is 286 g/mol. The third-order valence-corrected chi connectivity index (χ3v) is 3.58. The van der Waals surface area contributed by atoms with Crippen LogP contribution in [-0.4, -0.2) is 51.6 Å². The summed E-state index contributed by atoms with van der Waals surface area (Å²) < 4.78 is 7.61. The molecule has 6 heteroatoms. The van der Waals surface area contributed by atoms with E-state index in [-0.39, 0.29) is 18.6 Å². The van der Waals surface area contributed by atoms with Crippen molar-refractivity contribution in [1.29, 1.82) is 0 Å². The number of nitrogens with zero attached hydrogens (tertiary/aromatic N) is 4. The lowest BCUT2D eigenvalue weighted by atomic mass is 10.2. The van der Waals surface area contributed by atoms with E-state index in [1.807, 2.05) is 35.9 Å². The Balaban J connectivity index is 1.78. The first-order valence-electron chi connectivity index (χ1n) is 6.94. The fourth-order valence-electron chi connectivity index (χ4n) is 2.45. The summed E-state index contributed by atoms with van der Waals surface area (Å²) in [4.78, 5) is 22.0. The highest BCUT2D eigenvalue weighted by Crippen LogP contribution is 2.17. The van der Waals surface area contributed by atoms with Crippen LogP contribution in [0.1, 0.15) is 5.69 Å². The van der Waals surface area contributed by atoms with E-state index in [2.05, 4.69) is 9.97 Å². The molecule has 1 aliphatic heterocycles. The number of ether oxygens (including phenoxy) is 1. The predicted octanol–water partition coefficient (Wildman–Crippen LogP) is 1.11. The molecular weight excluding hydrogens is 268 g/mol. The minimum absolute atomic E-state index is 0.0227. The molecule has 0 saturated carbocycles. The van der Waals surface area contributed by atoms with Crippen LogP contribution in [0.5, 0.6) is 0 Å². The Bertz CT molecular complexity index is 653. The third kappa shape index (κ3) is 2.95. The molecule has 3 rings (SSSR count). The van der Waals surface area contributed by atoms with Crippen molar-refractivity contribution in [2.24, 2.45) is 0 Å². The minimum atomic E-state index is -0.0227. The quantitative estimate of drug-likeness (QED) is 0.848. The highest BCUT2D eigenvalue weighted by atomic mass is 16.5. The largest absolute Gasteiger partial charge is 0.365 e. The van der Waals surface area contributed by atoms with Crippen LogP contribution >= 0.6 is 0 Å². The molecule has 1 amide bonds. The molecule has 0 radical (unpaired) electrons. The van der Waals surface area contributed by atoms with Gasteiger partial charge in [-0.2, -0.15) is 0 Å². The molecule has 1 fully saturated rings. The molecular formula is C15H18N4O2. The third-order valence-electron chi connectivity index (χ3n) is 3.58. The van der Waals surface area contributed by atoms with Gasteiger partial charge in [0.05, 0.1) is 12.6 Å². The molecule has 6 nitrogen and oxygen atoms in total. The van der Waals surface area contributed by atoms with Crippen LogP contribution in [0.25, 0.3) is 11.5 Å². The molecule has 1 saturated heterocycles. The molecule has 0 N–H and O–H groups in total. The maximum absolute atomic E-state index is 11.4. The first-order chi connectivity index (χ1) is 10.1. The summed E-state index contributed by atoms with van der Waals surface area (Å²) in [5, 5.41) is 0. The second-order valence-corrected chi connectivity index (χ2v) is 5.27. The van der Waals surface area contributed by atoms with Crippen molar-refractivity contribution in [3.63, 3.8) is 0 Å². The number of carbonyl (C=O) groups is 1. The van der Waals surface area contributed by atoms with Crippen LogP contribution in [0.15, 0.2) is 30.6 Å².